The first-order chi connectivity index (χ1) is 6.65. The summed E-state index contributed by atoms with van der Waals surface area (Å²) in [6.45, 7) is 2.83. The van der Waals surface area contributed by atoms with Crippen LogP contribution in [-0.4, -0.2) is 24.3 Å². The van der Waals surface area contributed by atoms with Crippen LogP contribution in [0.3, 0.4) is 0 Å². The SMILES string of the molecule is CCC1(CN=C2NC(=O)C(=O)N2)CC1. The molecule has 2 fully saturated rings. The Bertz CT molecular complexity index is 300. The number of carbonyl (C=O) groups is 2. The highest BCUT2D eigenvalue weighted by atomic mass is 16.2. The van der Waals surface area contributed by atoms with E-state index >= 15 is 0 Å². The van der Waals surface area contributed by atoms with Gasteiger partial charge in [-0.2, -0.15) is 0 Å². The van der Waals surface area contributed by atoms with Crippen molar-refractivity contribution in [2.24, 2.45) is 10.4 Å². The molecule has 1 saturated heterocycles. The van der Waals surface area contributed by atoms with E-state index in [-0.39, 0.29) is 0 Å². The minimum Gasteiger partial charge on any atom is -0.288 e. The lowest BCUT2D eigenvalue weighted by Crippen LogP contribution is -2.26. The summed E-state index contributed by atoms with van der Waals surface area (Å²) in [6.07, 6.45) is 3.50. The van der Waals surface area contributed by atoms with Crippen LogP contribution >= 0.6 is 0 Å². The van der Waals surface area contributed by atoms with Gasteiger partial charge in [-0.25, -0.2) is 0 Å². The highest BCUT2D eigenvalue weighted by molar-refractivity contribution is 6.45. The first-order valence-corrected chi connectivity index (χ1v) is 4.82. The summed E-state index contributed by atoms with van der Waals surface area (Å²) in [5.74, 6) is -0.935. The van der Waals surface area contributed by atoms with Crippen molar-refractivity contribution in [2.45, 2.75) is 26.2 Å². The maximum Gasteiger partial charge on any atom is 0.316 e. The van der Waals surface area contributed by atoms with Gasteiger partial charge in [-0.3, -0.25) is 25.2 Å². The Labute approximate surface area is 82.0 Å². The zero-order chi connectivity index (χ0) is 10.2. The lowest BCUT2D eigenvalue weighted by atomic mass is 10.1. The number of amides is 2. The fourth-order valence-electron chi connectivity index (χ4n) is 1.49. The molecule has 1 aliphatic carbocycles. The van der Waals surface area contributed by atoms with Gasteiger partial charge in [0.05, 0.1) is 0 Å². The minimum absolute atomic E-state index is 0.305. The van der Waals surface area contributed by atoms with Crippen LogP contribution in [0.2, 0.25) is 0 Å². The van der Waals surface area contributed by atoms with Crippen LogP contribution < -0.4 is 10.6 Å². The zero-order valence-electron chi connectivity index (χ0n) is 8.09. The lowest BCUT2D eigenvalue weighted by molar-refractivity contribution is -0.135. The Morgan fingerprint density at radius 2 is 1.86 bits per heavy atom. The molecule has 0 spiro atoms. The van der Waals surface area contributed by atoms with Crippen molar-refractivity contribution in [1.29, 1.82) is 0 Å². The van der Waals surface area contributed by atoms with E-state index in [2.05, 4.69) is 22.5 Å². The number of rotatable bonds is 3. The van der Waals surface area contributed by atoms with E-state index in [1.807, 2.05) is 0 Å². The minimum atomic E-state index is -0.620. The number of hydrogen-bond donors (Lipinski definition) is 2. The molecule has 76 valence electrons. The van der Waals surface area contributed by atoms with Gasteiger partial charge in [-0.15, -0.1) is 0 Å². The molecule has 1 aliphatic heterocycles. The molecule has 0 unspecified atom stereocenters. The van der Waals surface area contributed by atoms with Gasteiger partial charge in [-0.05, 0) is 24.7 Å². The van der Waals surface area contributed by atoms with Gasteiger partial charge >= 0.3 is 11.8 Å². The highest BCUT2D eigenvalue weighted by Crippen LogP contribution is 2.48. The molecule has 0 radical (unpaired) electrons. The van der Waals surface area contributed by atoms with Gasteiger partial charge in [0, 0.05) is 6.54 Å². The molecule has 0 aromatic carbocycles. The van der Waals surface area contributed by atoms with Gasteiger partial charge < -0.3 is 0 Å². The van der Waals surface area contributed by atoms with E-state index < -0.39 is 11.8 Å². The Morgan fingerprint density at radius 3 is 2.29 bits per heavy atom. The molecule has 5 heteroatoms. The predicted molar refractivity (Wildman–Crippen MR) is 50.5 cm³/mol. The molecule has 0 aromatic heterocycles. The summed E-state index contributed by atoms with van der Waals surface area (Å²) in [5.41, 5.74) is 0.338. The summed E-state index contributed by atoms with van der Waals surface area (Å²) < 4.78 is 0. The Kier molecular flexibility index (Phi) is 2.02. The van der Waals surface area contributed by atoms with Crippen molar-refractivity contribution in [3.05, 3.63) is 0 Å². The summed E-state index contributed by atoms with van der Waals surface area (Å²) in [7, 11) is 0. The smallest absolute Gasteiger partial charge is 0.288 e. The summed E-state index contributed by atoms with van der Waals surface area (Å²) in [5, 5.41) is 4.76. The third kappa shape index (κ3) is 1.62. The topological polar surface area (TPSA) is 70.6 Å². The van der Waals surface area contributed by atoms with Crippen LogP contribution in [0.5, 0.6) is 0 Å². The number of guanidine groups is 1. The maximum absolute atomic E-state index is 10.8. The first-order valence-electron chi connectivity index (χ1n) is 4.82. The number of nitrogens with zero attached hydrogens (tertiary/aromatic N) is 1. The number of carbonyl (C=O) groups excluding carboxylic acids is 2. The van der Waals surface area contributed by atoms with Crippen molar-refractivity contribution in [3.63, 3.8) is 0 Å². The normalized spacial score (nSPS) is 23.1. The molecule has 5 nitrogen and oxygen atoms in total. The van der Waals surface area contributed by atoms with Gasteiger partial charge in [0.2, 0.25) is 5.96 Å². The van der Waals surface area contributed by atoms with Crippen LogP contribution in [0, 0.1) is 5.41 Å². The van der Waals surface area contributed by atoms with Gasteiger partial charge in [0.15, 0.2) is 0 Å². The van der Waals surface area contributed by atoms with E-state index in [4.69, 9.17) is 0 Å². The summed E-state index contributed by atoms with van der Waals surface area (Å²) in [6, 6.07) is 0. The molecule has 2 aliphatic rings. The average Bonchev–Trinajstić information content (AvgIpc) is 2.88. The Hall–Kier alpha value is -1.39. The zero-order valence-corrected chi connectivity index (χ0v) is 8.09. The summed E-state index contributed by atoms with van der Waals surface area (Å²) in [4.78, 5) is 25.8. The lowest BCUT2D eigenvalue weighted by Gasteiger charge is -2.07. The second-order valence-corrected chi connectivity index (χ2v) is 3.93. The summed E-state index contributed by atoms with van der Waals surface area (Å²) >= 11 is 0. The molecule has 0 atom stereocenters. The van der Waals surface area contributed by atoms with E-state index in [1.54, 1.807) is 0 Å². The average molecular weight is 195 g/mol. The van der Waals surface area contributed by atoms with Crippen LogP contribution in [0.15, 0.2) is 4.99 Å². The molecule has 2 rings (SSSR count). The van der Waals surface area contributed by atoms with Gasteiger partial charge in [0.25, 0.3) is 0 Å². The van der Waals surface area contributed by atoms with E-state index in [9.17, 15) is 9.59 Å². The highest BCUT2D eigenvalue weighted by Gasteiger charge is 2.40. The van der Waals surface area contributed by atoms with Crippen LogP contribution in [0.25, 0.3) is 0 Å². The standard InChI is InChI=1S/C9H13N3O2/c1-2-9(3-4-9)5-10-8-11-6(13)7(14)12-8/h2-5H2,1H3,(H2,10,11,12,13,14). The Morgan fingerprint density at radius 1 is 1.29 bits per heavy atom. The molecular weight excluding hydrogens is 182 g/mol. The molecule has 2 amide bonds. The second-order valence-electron chi connectivity index (χ2n) is 3.93. The van der Waals surface area contributed by atoms with Crippen LogP contribution in [0.4, 0.5) is 0 Å². The van der Waals surface area contributed by atoms with Crippen LogP contribution in [-0.2, 0) is 9.59 Å². The largest absolute Gasteiger partial charge is 0.316 e. The maximum atomic E-state index is 10.8. The third-order valence-electron chi connectivity index (χ3n) is 2.95. The van der Waals surface area contributed by atoms with Gasteiger partial charge in [0.1, 0.15) is 0 Å². The third-order valence-corrected chi connectivity index (χ3v) is 2.95. The van der Waals surface area contributed by atoms with Crippen molar-refractivity contribution in [3.8, 4) is 0 Å². The fraction of sp³-hybridized carbons (Fsp3) is 0.667. The number of hydrogen-bond acceptors (Lipinski definition) is 3. The molecule has 1 saturated carbocycles. The first kappa shape index (κ1) is 9.18. The Balaban J connectivity index is 1.93. The molecule has 0 bridgehead atoms. The van der Waals surface area contributed by atoms with Gasteiger partial charge in [-0.1, -0.05) is 6.92 Å². The molecule has 14 heavy (non-hydrogen) atoms. The molecular formula is C9H13N3O2. The van der Waals surface area contributed by atoms with Crippen LogP contribution in [0.1, 0.15) is 26.2 Å². The van der Waals surface area contributed by atoms with E-state index in [0.717, 1.165) is 6.42 Å². The molecule has 0 aromatic rings. The fourth-order valence-corrected chi connectivity index (χ4v) is 1.49. The molecule has 1 heterocycles. The van der Waals surface area contributed by atoms with Crippen molar-refractivity contribution < 1.29 is 9.59 Å². The van der Waals surface area contributed by atoms with Crippen molar-refractivity contribution >= 4 is 17.8 Å². The monoisotopic (exact) mass is 195 g/mol. The van der Waals surface area contributed by atoms with E-state index in [1.165, 1.54) is 12.8 Å². The predicted octanol–water partition coefficient (Wildman–Crippen LogP) is -0.221. The second kappa shape index (κ2) is 3.08. The van der Waals surface area contributed by atoms with E-state index in [0.29, 0.717) is 17.9 Å². The number of aliphatic imine (C=N–C) groups is 1. The van der Waals surface area contributed by atoms with Crippen molar-refractivity contribution in [1.82, 2.24) is 10.6 Å². The number of nitrogens with one attached hydrogen (secondary N) is 2. The quantitative estimate of drug-likeness (QED) is 0.611. The van der Waals surface area contributed by atoms with Crippen molar-refractivity contribution in [2.75, 3.05) is 6.54 Å². The molecule has 2 N–H and O–H groups in total.